The van der Waals surface area contributed by atoms with E-state index in [1.807, 2.05) is 0 Å². The van der Waals surface area contributed by atoms with Gasteiger partial charge in [0.25, 0.3) is 0 Å². The van der Waals surface area contributed by atoms with E-state index in [9.17, 15) is 0 Å². The van der Waals surface area contributed by atoms with Crippen LogP contribution in [-0.4, -0.2) is 6.10 Å². The van der Waals surface area contributed by atoms with Gasteiger partial charge in [-0.05, 0) is 36.5 Å². The lowest BCUT2D eigenvalue weighted by atomic mass is 9.80. The summed E-state index contributed by atoms with van der Waals surface area (Å²) >= 11 is 0. The predicted molar refractivity (Wildman–Crippen MR) is 48.2 cm³/mol. The van der Waals surface area contributed by atoms with Crippen molar-refractivity contribution >= 4 is 0 Å². The van der Waals surface area contributed by atoms with Crippen LogP contribution < -0.4 is 0 Å². The molecule has 0 heterocycles. The van der Waals surface area contributed by atoms with Crippen molar-refractivity contribution in [2.75, 3.05) is 0 Å². The monoisotopic (exact) mass is 164 g/mol. The smallest absolute Gasteiger partial charge is 0.114 e. The van der Waals surface area contributed by atoms with Crippen LogP contribution in [0.4, 0.5) is 0 Å². The standard InChI is InChI=1S/C11H16O/c1-4-12-11-6-9-5-10(11)8(3)7(9)2/h1,7-11H,5-6H2,2-3H3. The molecule has 1 nitrogen and oxygen atoms in total. The molecular formula is C11H16O. The second kappa shape index (κ2) is 2.69. The van der Waals surface area contributed by atoms with Crippen molar-refractivity contribution in [3.8, 4) is 12.5 Å². The van der Waals surface area contributed by atoms with Crippen LogP contribution in [0.15, 0.2) is 0 Å². The van der Waals surface area contributed by atoms with E-state index < -0.39 is 0 Å². The molecule has 0 saturated heterocycles. The van der Waals surface area contributed by atoms with Crippen molar-refractivity contribution in [2.45, 2.75) is 32.8 Å². The lowest BCUT2D eigenvalue weighted by molar-refractivity contribution is 0.0623. The molecule has 0 aromatic heterocycles. The highest BCUT2D eigenvalue weighted by atomic mass is 16.5. The lowest BCUT2D eigenvalue weighted by Gasteiger charge is -2.29. The van der Waals surface area contributed by atoms with Crippen LogP contribution in [0, 0.1) is 36.2 Å². The minimum atomic E-state index is 0.367. The van der Waals surface area contributed by atoms with E-state index in [1.165, 1.54) is 12.8 Å². The lowest BCUT2D eigenvalue weighted by Crippen LogP contribution is -2.29. The van der Waals surface area contributed by atoms with Gasteiger partial charge in [0.05, 0.1) is 0 Å². The van der Waals surface area contributed by atoms with E-state index in [2.05, 4.69) is 20.0 Å². The van der Waals surface area contributed by atoms with Crippen molar-refractivity contribution in [1.29, 1.82) is 0 Å². The van der Waals surface area contributed by atoms with Gasteiger partial charge in [-0.15, -0.1) is 0 Å². The average molecular weight is 164 g/mol. The van der Waals surface area contributed by atoms with Crippen molar-refractivity contribution < 1.29 is 4.74 Å². The summed E-state index contributed by atoms with van der Waals surface area (Å²) in [6, 6.07) is 0. The Balaban J connectivity index is 2.06. The first-order valence-corrected chi connectivity index (χ1v) is 4.85. The highest BCUT2D eigenvalue weighted by Crippen LogP contribution is 2.52. The maximum Gasteiger partial charge on any atom is 0.114 e. The van der Waals surface area contributed by atoms with Gasteiger partial charge in [-0.1, -0.05) is 20.3 Å². The molecule has 0 aromatic carbocycles. The fraction of sp³-hybridized carbons (Fsp3) is 0.818. The zero-order chi connectivity index (χ0) is 8.72. The van der Waals surface area contributed by atoms with Crippen LogP contribution in [0.2, 0.25) is 0 Å². The maximum absolute atomic E-state index is 5.28. The molecule has 2 bridgehead atoms. The summed E-state index contributed by atoms with van der Waals surface area (Å²) < 4.78 is 5.28. The van der Waals surface area contributed by atoms with Crippen LogP contribution in [0.1, 0.15) is 26.7 Å². The molecule has 66 valence electrons. The normalized spacial score (nSPS) is 50.6. The number of ether oxygens (including phenoxy) is 1. The molecule has 5 unspecified atom stereocenters. The van der Waals surface area contributed by atoms with E-state index in [0.29, 0.717) is 6.10 Å². The molecule has 0 radical (unpaired) electrons. The number of hydrogen-bond donors (Lipinski definition) is 0. The minimum Gasteiger partial charge on any atom is -0.443 e. The molecule has 0 aliphatic heterocycles. The fourth-order valence-corrected chi connectivity index (χ4v) is 3.10. The Kier molecular flexibility index (Phi) is 1.79. The van der Waals surface area contributed by atoms with Crippen LogP contribution >= 0.6 is 0 Å². The van der Waals surface area contributed by atoms with Gasteiger partial charge in [0.1, 0.15) is 12.2 Å². The van der Waals surface area contributed by atoms with E-state index in [4.69, 9.17) is 11.2 Å². The number of fused-ring (bicyclic) bond motifs is 2. The van der Waals surface area contributed by atoms with Gasteiger partial charge in [0, 0.05) is 0 Å². The van der Waals surface area contributed by atoms with Gasteiger partial charge in [0.15, 0.2) is 0 Å². The molecule has 12 heavy (non-hydrogen) atoms. The molecule has 0 aromatic rings. The Labute approximate surface area is 74.5 Å². The van der Waals surface area contributed by atoms with Crippen LogP contribution in [0.3, 0.4) is 0 Å². The zero-order valence-electron chi connectivity index (χ0n) is 7.79. The molecule has 2 rings (SSSR count). The zero-order valence-corrected chi connectivity index (χ0v) is 7.79. The van der Waals surface area contributed by atoms with Gasteiger partial charge in [-0.2, -0.15) is 0 Å². The van der Waals surface area contributed by atoms with Gasteiger partial charge >= 0.3 is 0 Å². The van der Waals surface area contributed by atoms with Gasteiger partial charge < -0.3 is 4.74 Å². The Morgan fingerprint density at radius 3 is 2.50 bits per heavy atom. The second-order valence-corrected chi connectivity index (χ2v) is 4.39. The molecule has 1 heteroatoms. The van der Waals surface area contributed by atoms with Crippen LogP contribution in [0.25, 0.3) is 0 Å². The number of hydrogen-bond acceptors (Lipinski definition) is 1. The summed E-state index contributed by atoms with van der Waals surface area (Å²) in [4.78, 5) is 0. The Hall–Kier alpha value is -0.640. The number of terminal acetylenes is 1. The van der Waals surface area contributed by atoms with Crippen LogP contribution in [0.5, 0.6) is 0 Å². The van der Waals surface area contributed by atoms with E-state index in [0.717, 1.165) is 23.7 Å². The Morgan fingerprint density at radius 2 is 2.00 bits per heavy atom. The van der Waals surface area contributed by atoms with Gasteiger partial charge in [-0.3, -0.25) is 0 Å². The molecule has 0 spiro atoms. The SMILES string of the molecule is C#COC1CC2CC1C(C)C2C. The third kappa shape index (κ3) is 0.941. The first-order chi connectivity index (χ1) is 5.74. The topological polar surface area (TPSA) is 9.23 Å². The van der Waals surface area contributed by atoms with E-state index in [1.54, 1.807) is 0 Å². The van der Waals surface area contributed by atoms with Gasteiger partial charge in [-0.25, -0.2) is 0 Å². The molecule has 2 fully saturated rings. The summed E-state index contributed by atoms with van der Waals surface area (Å²) in [5.41, 5.74) is 0. The summed E-state index contributed by atoms with van der Waals surface area (Å²) in [5.74, 6) is 3.30. The van der Waals surface area contributed by atoms with Crippen LogP contribution in [-0.2, 0) is 4.74 Å². The highest BCUT2D eigenvalue weighted by Gasteiger charge is 2.49. The first-order valence-electron chi connectivity index (χ1n) is 4.85. The molecule has 2 saturated carbocycles. The minimum absolute atomic E-state index is 0.367. The van der Waals surface area contributed by atoms with Crippen molar-refractivity contribution in [2.24, 2.45) is 23.7 Å². The van der Waals surface area contributed by atoms with Crippen molar-refractivity contribution in [3.05, 3.63) is 0 Å². The van der Waals surface area contributed by atoms with Crippen molar-refractivity contribution in [3.63, 3.8) is 0 Å². The highest BCUT2D eigenvalue weighted by molar-refractivity contribution is 4.99. The Bertz CT molecular complexity index is 214. The first kappa shape index (κ1) is 7.98. The molecule has 0 amide bonds. The summed E-state index contributed by atoms with van der Waals surface area (Å²) in [5, 5.41) is 0. The van der Waals surface area contributed by atoms with Gasteiger partial charge in [0.2, 0.25) is 0 Å². The predicted octanol–water partition coefficient (Wildman–Crippen LogP) is 2.27. The maximum atomic E-state index is 5.28. The quantitative estimate of drug-likeness (QED) is 0.540. The average Bonchev–Trinajstić information content (AvgIpc) is 2.55. The molecule has 2 aliphatic rings. The Morgan fingerprint density at radius 1 is 1.25 bits per heavy atom. The summed E-state index contributed by atoms with van der Waals surface area (Å²) in [7, 11) is 0. The van der Waals surface area contributed by atoms with Crippen molar-refractivity contribution in [1.82, 2.24) is 0 Å². The summed E-state index contributed by atoms with van der Waals surface area (Å²) in [6.07, 6.45) is 10.4. The number of rotatable bonds is 1. The summed E-state index contributed by atoms with van der Waals surface area (Å²) in [6.45, 7) is 4.70. The second-order valence-electron chi connectivity index (χ2n) is 4.39. The third-order valence-electron chi connectivity index (χ3n) is 4.06. The largest absolute Gasteiger partial charge is 0.443 e. The molecular weight excluding hydrogens is 148 g/mol. The van der Waals surface area contributed by atoms with E-state index in [-0.39, 0.29) is 0 Å². The fourth-order valence-electron chi connectivity index (χ4n) is 3.10. The molecule has 2 aliphatic carbocycles. The molecule has 0 N–H and O–H groups in total. The third-order valence-corrected chi connectivity index (χ3v) is 4.06. The van der Waals surface area contributed by atoms with E-state index >= 15 is 0 Å². The molecule has 5 atom stereocenters.